The van der Waals surface area contributed by atoms with E-state index in [9.17, 15) is 4.79 Å². The first-order valence-corrected chi connectivity index (χ1v) is 8.67. The van der Waals surface area contributed by atoms with Crippen LogP contribution in [0, 0.1) is 20.8 Å². The maximum Gasteiger partial charge on any atom is 0.258 e. The lowest BCUT2D eigenvalue weighted by molar-refractivity contribution is 0.102. The molecule has 0 saturated heterocycles. The molecule has 0 bridgehead atoms. The van der Waals surface area contributed by atoms with Gasteiger partial charge in [0.25, 0.3) is 5.91 Å². The molecule has 21 heavy (non-hydrogen) atoms. The van der Waals surface area contributed by atoms with E-state index in [2.05, 4.69) is 22.4 Å². The van der Waals surface area contributed by atoms with Gasteiger partial charge >= 0.3 is 0 Å². The molecule has 0 aliphatic rings. The van der Waals surface area contributed by atoms with Crippen LogP contribution in [0.2, 0.25) is 0 Å². The summed E-state index contributed by atoms with van der Waals surface area (Å²) >= 11 is 3.09. The molecule has 1 heterocycles. The first-order chi connectivity index (χ1) is 10.0. The molecule has 2 rings (SSSR count). The molecule has 0 saturated carbocycles. The number of carbonyl (C=O) groups is 1. The second kappa shape index (κ2) is 7.04. The van der Waals surface area contributed by atoms with E-state index in [0.717, 1.165) is 38.8 Å². The Labute approximate surface area is 133 Å². The minimum Gasteiger partial charge on any atom is -0.296 e. The summed E-state index contributed by atoms with van der Waals surface area (Å²) in [5.74, 6) is 0.895. The molecule has 0 radical (unpaired) electrons. The van der Waals surface area contributed by atoms with E-state index >= 15 is 0 Å². The molecular weight excluding hydrogens is 302 g/mol. The van der Waals surface area contributed by atoms with E-state index < -0.39 is 0 Å². The highest BCUT2D eigenvalue weighted by atomic mass is 32.2. The number of amides is 1. The highest BCUT2D eigenvalue weighted by molar-refractivity contribution is 8.01. The Kier molecular flexibility index (Phi) is 5.36. The van der Waals surface area contributed by atoms with Crippen molar-refractivity contribution in [3.8, 4) is 0 Å². The van der Waals surface area contributed by atoms with Crippen molar-refractivity contribution in [3.63, 3.8) is 0 Å². The molecule has 2 aromatic rings. The number of rotatable bonds is 5. The minimum absolute atomic E-state index is 0.117. The van der Waals surface area contributed by atoms with Gasteiger partial charge in [0.1, 0.15) is 0 Å². The van der Waals surface area contributed by atoms with Crippen molar-refractivity contribution in [1.82, 2.24) is 10.2 Å². The van der Waals surface area contributed by atoms with Gasteiger partial charge in [-0.05, 0) is 38.3 Å². The molecule has 4 nitrogen and oxygen atoms in total. The molecule has 1 amide bonds. The Balaban J connectivity index is 2.13. The van der Waals surface area contributed by atoms with Gasteiger partial charge in [0, 0.05) is 11.3 Å². The molecule has 0 unspecified atom stereocenters. The zero-order valence-corrected chi connectivity index (χ0v) is 14.3. The largest absolute Gasteiger partial charge is 0.296 e. The molecule has 0 fully saturated rings. The van der Waals surface area contributed by atoms with Gasteiger partial charge in [-0.2, -0.15) is 0 Å². The molecular formula is C15H19N3OS2. The summed E-state index contributed by atoms with van der Waals surface area (Å²) < 4.78 is 0.893. The Hall–Kier alpha value is -1.40. The van der Waals surface area contributed by atoms with Crippen molar-refractivity contribution >= 4 is 34.1 Å². The van der Waals surface area contributed by atoms with Crippen LogP contribution >= 0.6 is 23.1 Å². The summed E-state index contributed by atoms with van der Waals surface area (Å²) in [4.78, 5) is 12.4. The van der Waals surface area contributed by atoms with E-state index in [1.54, 1.807) is 11.8 Å². The van der Waals surface area contributed by atoms with Crippen LogP contribution in [0.4, 0.5) is 5.13 Å². The SMILES string of the molecule is CCCSc1nnc(NC(=O)c2c(C)cc(C)cc2C)s1. The van der Waals surface area contributed by atoms with Gasteiger partial charge in [-0.3, -0.25) is 10.1 Å². The van der Waals surface area contributed by atoms with Gasteiger partial charge in [-0.25, -0.2) is 0 Å². The van der Waals surface area contributed by atoms with Crippen molar-refractivity contribution in [2.24, 2.45) is 0 Å². The quantitative estimate of drug-likeness (QED) is 0.662. The Bertz CT molecular complexity index is 629. The number of aryl methyl sites for hydroxylation is 3. The maximum atomic E-state index is 12.4. The van der Waals surface area contributed by atoms with Crippen molar-refractivity contribution in [3.05, 3.63) is 34.4 Å². The van der Waals surface area contributed by atoms with E-state index in [-0.39, 0.29) is 5.91 Å². The number of benzene rings is 1. The highest BCUT2D eigenvalue weighted by Crippen LogP contribution is 2.26. The van der Waals surface area contributed by atoms with Crippen molar-refractivity contribution in [2.45, 2.75) is 38.5 Å². The smallest absolute Gasteiger partial charge is 0.258 e. The number of thioether (sulfide) groups is 1. The van der Waals surface area contributed by atoms with E-state index in [0.29, 0.717) is 5.13 Å². The van der Waals surface area contributed by atoms with Gasteiger partial charge in [0.05, 0.1) is 0 Å². The van der Waals surface area contributed by atoms with Crippen LogP contribution < -0.4 is 5.32 Å². The molecule has 0 aliphatic heterocycles. The maximum absolute atomic E-state index is 12.4. The average Bonchev–Trinajstić information content (AvgIpc) is 2.82. The predicted molar refractivity (Wildman–Crippen MR) is 89.5 cm³/mol. The Morgan fingerprint density at radius 1 is 1.24 bits per heavy atom. The van der Waals surface area contributed by atoms with Crippen LogP contribution in [-0.2, 0) is 0 Å². The third kappa shape index (κ3) is 4.04. The molecule has 1 aromatic carbocycles. The normalized spacial score (nSPS) is 10.7. The monoisotopic (exact) mass is 321 g/mol. The number of aromatic nitrogens is 2. The summed E-state index contributed by atoms with van der Waals surface area (Å²) in [7, 11) is 0. The summed E-state index contributed by atoms with van der Waals surface area (Å²) in [5.41, 5.74) is 3.85. The van der Waals surface area contributed by atoms with Crippen LogP contribution in [0.15, 0.2) is 16.5 Å². The average molecular weight is 321 g/mol. The van der Waals surface area contributed by atoms with E-state index in [4.69, 9.17) is 0 Å². The summed E-state index contributed by atoms with van der Waals surface area (Å²) in [6.45, 7) is 8.07. The lowest BCUT2D eigenvalue weighted by Gasteiger charge is -2.10. The fourth-order valence-electron chi connectivity index (χ4n) is 2.21. The number of hydrogen-bond donors (Lipinski definition) is 1. The molecule has 0 spiro atoms. The van der Waals surface area contributed by atoms with Crippen LogP contribution in [0.1, 0.15) is 40.4 Å². The summed E-state index contributed by atoms with van der Waals surface area (Å²) in [5, 5.41) is 11.5. The lowest BCUT2D eigenvalue weighted by Crippen LogP contribution is -2.15. The second-order valence-electron chi connectivity index (χ2n) is 4.95. The fourth-order valence-corrected chi connectivity index (χ4v) is 3.88. The summed E-state index contributed by atoms with van der Waals surface area (Å²) in [6.07, 6.45) is 1.09. The molecule has 112 valence electrons. The molecule has 0 aliphatic carbocycles. The third-order valence-electron chi connectivity index (χ3n) is 2.96. The predicted octanol–water partition coefficient (Wildman–Crippen LogP) is 4.22. The zero-order valence-electron chi connectivity index (χ0n) is 12.7. The first kappa shape index (κ1) is 16.0. The Morgan fingerprint density at radius 2 is 1.90 bits per heavy atom. The van der Waals surface area contributed by atoms with Crippen LogP contribution in [0.25, 0.3) is 0 Å². The number of nitrogens with zero attached hydrogens (tertiary/aromatic N) is 2. The molecule has 1 N–H and O–H groups in total. The standard InChI is InChI=1S/C15H19N3OS2/c1-5-6-20-15-18-17-14(21-15)16-13(19)12-10(3)7-9(2)8-11(12)4/h7-8H,5-6H2,1-4H3,(H,16,17,19). The summed E-state index contributed by atoms with van der Waals surface area (Å²) in [6, 6.07) is 4.04. The second-order valence-corrected chi connectivity index (χ2v) is 7.27. The van der Waals surface area contributed by atoms with Crippen molar-refractivity contribution in [1.29, 1.82) is 0 Å². The van der Waals surface area contributed by atoms with E-state index in [1.165, 1.54) is 11.3 Å². The van der Waals surface area contributed by atoms with Crippen LogP contribution in [0.3, 0.4) is 0 Å². The van der Waals surface area contributed by atoms with Crippen LogP contribution in [-0.4, -0.2) is 21.9 Å². The van der Waals surface area contributed by atoms with Gasteiger partial charge in [-0.1, -0.05) is 47.7 Å². The number of hydrogen-bond acceptors (Lipinski definition) is 5. The van der Waals surface area contributed by atoms with Gasteiger partial charge < -0.3 is 0 Å². The van der Waals surface area contributed by atoms with Crippen molar-refractivity contribution < 1.29 is 4.79 Å². The van der Waals surface area contributed by atoms with Gasteiger partial charge in [0.2, 0.25) is 5.13 Å². The topological polar surface area (TPSA) is 54.9 Å². The highest BCUT2D eigenvalue weighted by Gasteiger charge is 2.15. The number of carbonyl (C=O) groups excluding carboxylic acids is 1. The lowest BCUT2D eigenvalue weighted by atomic mass is 9.99. The Morgan fingerprint density at radius 3 is 2.52 bits per heavy atom. The number of nitrogens with one attached hydrogen (secondary N) is 1. The van der Waals surface area contributed by atoms with Gasteiger partial charge in [-0.15, -0.1) is 10.2 Å². The first-order valence-electron chi connectivity index (χ1n) is 6.86. The van der Waals surface area contributed by atoms with Gasteiger partial charge in [0.15, 0.2) is 4.34 Å². The third-order valence-corrected chi connectivity index (χ3v) is 5.14. The zero-order chi connectivity index (χ0) is 15.4. The number of anilines is 1. The molecule has 6 heteroatoms. The molecule has 1 aromatic heterocycles. The fraction of sp³-hybridized carbons (Fsp3) is 0.400. The molecule has 0 atom stereocenters. The van der Waals surface area contributed by atoms with E-state index in [1.807, 2.05) is 32.9 Å². The van der Waals surface area contributed by atoms with Crippen LogP contribution in [0.5, 0.6) is 0 Å². The van der Waals surface area contributed by atoms with Crippen molar-refractivity contribution in [2.75, 3.05) is 11.1 Å². The minimum atomic E-state index is -0.117.